The molecular weight excluding hydrogens is 238 g/mol. The van der Waals surface area contributed by atoms with Gasteiger partial charge >= 0.3 is 0 Å². The summed E-state index contributed by atoms with van der Waals surface area (Å²) in [5, 5.41) is 6.17. The predicted molar refractivity (Wildman–Crippen MR) is 54.9 cm³/mol. The average molecular weight is 242 g/mol. The molecule has 0 aliphatic heterocycles. The van der Waals surface area contributed by atoms with Crippen LogP contribution in [0.2, 0.25) is 5.28 Å². The highest BCUT2D eigenvalue weighted by atomic mass is 35.5. The van der Waals surface area contributed by atoms with Crippen LogP contribution in [0.4, 0.5) is 5.82 Å². The number of rotatable bonds is 2. The number of hydrogen-bond donors (Lipinski definition) is 1. The minimum absolute atomic E-state index is 0.0789. The molecule has 2 aromatic heterocycles. The molecule has 2 aromatic rings. The fourth-order valence-corrected chi connectivity index (χ4v) is 1.41. The minimum atomic E-state index is -0.320. The number of halogens is 1. The van der Waals surface area contributed by atoms with Crippen LogP contribution in [0, 0.1) is 0 Å². The first-order valence-electron chi connectivity index (χ1n) is 3.83. The Balaban J connectivity index is 2.13. The summed E-state index contributed by atoms with van der Waals surface area (Å²) in [6, 6.07) is 1.54. The van der Waals surface area contributed by atoms with Crippen LogP contribution in [0.5, 0.6) is 0 Å². The fourth-order valence-electron chi connectivity index (χ4n) is 0.850. The number of anilines is 1. The van der Waals surface area contributed by atoms with Crippen LogP contribution >= 0.6 is 23.1 Å². The van der Waals surface area contributed by atoms with E-state index in [1.165, 1.54) is 18.5 Å². The number of nitrogens with one attached hydrogen (secondary N) is 1. The SMILES string of the molecule is O=C(Nc1ccnc(Cl)n1)c1cnns1. The molecule has 0 aromatic carbocycles. The lowest BCUT2D eigenvalue weighted by atomic mass is 10.5. The third-order valence-corrected chi connectivity index (χ3v) is 2.30. The molecule has 1 amide bonds. The van der Waals surface area contributed by atoms with Gasteiger partial charge in [-0.1, -0.05) is 4.49 Å². The Kier molecular flexibility index (Phi) is 2.84. The highest BCUT2D eigenvalue weighted by Gasteiger charge is 2.09. The Bertz CT molecular complexity index is 474. The van der Waals surface area contributed by atoms with Gasteiger partial charge in [0.1, 0.15) is 10.7 Å². The first kappa shape index (κ1) is 9.94. The van der Waals surface area contributed by atoms with E-state index >= 15 is 0 Å². The molecule has 0 atom stereocenters. The van der Waals surface area contributed by atoms with Crippen molar-refractivity contribution in [3.63, 3.8) is 0 Å². The molecule has 2 rings (SSSR count). The summed E-state index contributed by atoms with van der Waals surface area (Å²) in [5.74, 6) is 0.0215. The van der Waals surface area contributed by atoms with E-state index in [1.54, 1.807) is 0 Å². The molecule has 15 heavy (non-hydrogen) atoms. The van der Waals surface area contributed by atoms with E-state index in [0.717, 1.165) is 11.5 Å². The Morgan fingerprint density at radius 3 is 3.07 bits per heavy atom. The maximum atomic E-state index is 11.5. The highest BCUT2D eigenvalue weighted by molar-refractivity contribution is 7.07. The summed E-state index contributed by atoms with van der Waals surface area (Å²) in [4.78, 5) is 19.4. The quantitative estimate of drug-likeness (QED) is 0.800. The number of carbonyl (C=O) groups excluding carboxylic acids is 1. The van der Waals surface area contributed by atoms with Gasteiger partial charge in [-0.15, -0.1) is 5.10 Å². The molecule has 0 unspecified atom stereocenters. The largest absolute Gasteiger partial charge is 0.306 e. The standard InChI is InChI=1S/C7H4ClN5OS/c8-7-9-2-1-5(12-7)11-6(14)4-3-10-13-15-4/h1-3H,(H,9,11,12,14). The lowest BCUT2D eigenvalue weighted by Gasteiger charge is -2.00. The summed E-state index contributed by atoms with van der Waals surface area (Å²) < 4.78 is 3.57. The maximum Gasteiger partial charge on any atom is 0.270 e. The number of hydrogen-bond acceptors (Lipinski definition) is 6. The van der Waals surface area contributed by atoms with Gasteiger partial charge in [0, 0.05) is 6.20 Å². The molecule has 0 bridgehead atoms. The van der Waals surface area contributed by atoms with Crippen LogP contribution in [0.25, 0.3) is 0 Å². The van der Waals surface area contributed by atoms with E-state index < -0.39 is 0 Å². The summed E-state index contributed by atoms with van der Waals surface area (Å²) >= 11 is 6.56. The molecular formula is C7H4ClN5OS. The third-order valence-electron chi connectivity index (χ3n) is 1.45. The molecule has 76 valence electrons. The Morgan fingerprint density at radius 1 is 1.53 bits per heavy atom. The van der Waals surface area contributed by atoms with Crippen molar-refractivity contribution in [2.45, 2.75) is 0 Å². The molecule has 1 N–H and O–H groups in total. The molecule has 0 aliphatic carbocycles. The lowest BCUT2D eigenvalue weighted by molar-refractivity contribution is 0.103. The minimum Gasteiger partial charge on any atom is -0.306 e. The molecule has 0 spiro atoms. The number of carbonyl (C=O) groups is 1. The van der Waals surface area contributed by atoms with Crippen molar-refractivity contribution in [1.82, 2.24) is 19.6 Å². The summed E-state index contributed by atoms with van der Waals surface area (Å²) in [6.07, 6.45) is 2.83. The van der Waals surface area contributed by atoms with Crippen LogP contribution in [-0.2, 0) is 0 Å². The summed E-state index contributed by atoms with van der Waals surface area (Å²) in [5.41, 5.74) is 0. The normalized spacial score (nSPS) is 9.93. The second-order valence-corrected chi connectivity index (χ2v) is 3.57. The smallest absolute Gasteiger partial charge is 0.270 e. The number of amides is 1. The van der Waals surface area contributed by atoms with Gasteiger partial charge in [-0.3, -0.25) is 4.79 Å². The van der Waals surface area contributed by atoms with Crippen molar-refractivity contribution in [3.05, 3.63) is 28.6 Å². The highest BCUT2D eigenvalue weighted by Crippen LogP contribution is 2.09. The van der Waals surface area contributed by atoms with Crippen LogP contribution < -0.4 is 5.32 Å². The van der Waals surface area contributed by atoms with E-state index in [0.29, 0.717) is 10.7 Å². The molecule has 0 saturated heterocycles. The fraction of sp³-hybridized carbons (Fsp3) is 0. The zero-order valence-electron chi connectivity index (χ0n) is 7.22. The number of nitrogens with zero attached hydrogens (tertiary/aromatic N) is 4. The Morgan fingerprint density at radius 2 is 2.40 bits per heavy atom. The second-order valence-electron chi connectivity index (χ2n) is 2.45. The van der Waals surface area contributed by atoms with Crippen LogP contribution in [0.1, 0.15) is 9.67 Å². The van der Waals surface area contributed by atoms with Crippen molar-refractivity contribution in [3.8, 4) is 0 Å². The van der Waals surface area contributed by atoms with Gasteiger partial charge in [-0.2, -0.15) is 0 Å². The van der Waals surface area contributed by atoms with Crippen molar-refractivity contribution in [1.29, 1.82) is 0 Å². The van der Waals surface area contributed by atoms with Crippen molar-refractivity contribution in [2.24, 2.45) is 0 Å². The summed E-state index contributed by atoms with van der Waals surface area (Å²) in [6.45, 7) is 0. The molecule has 2 heterocycles. The van der Waals surface area contributed by atoms with Gasteiger partial charge in [0.2, 0.25) is 5.28 Å². The van der Waals surface area contributed by atoms with Crippen LogP contribution in [0.15, 0.2) is 18.5 Å². The third kappa shape index (κ3) is 2.45. The molecule has 0 saturated carbocycles. The Labute approximate surface area is 93.5 Å². The van der Waals surface area contributed by atoms with E-state index in [4.69, 9.17) is 11.6 Å². The van der Waals surface area contributed by atoms with Crippen molar-refractivity contribution >= 4 is 34.9 Å². The molecule has 6 nitrogen and oxygen atoms in total. The molecule has 0 fully saturated rings. The van der Waals surface area contributed by atoms with Crippen molar-refractivity contribution in [2.75, 3.05) is 5.32 Å². The monoisotopic (exact) mass is 241 g/mol. The second kappa shape index (κ2) is 4.28. The van der Waals surface area contributed by atoms with E-state index in [2.05, 4.69) is 24.9 Å². The molecule has 8 heteroatoms. The maximum absolute atomic E-state index is 11.5. The van der Waals surface area contributed by atoms with Crippen molar-refractivity contribution < 1.29 is 4.79 Å². The average Bonchev–Trinajstić information content (AvgIpc) is 2.70. The molecule has 0 radical (unpaired) electrons. The van der Waals surface area contributed by atoms with Gasteiger partial charge < -0.3 is 5.32 Å². The van der Waals surface area contributed by atoms with Gasteiger partial charge in [-0.05, 0) is 29.2 Å². The van der Waals surface area contributed by atoms with Gasteiger partial charge in [-0.25, -0.2) is 9.97 Å². The van der Waals surface area contributed by atoms with Gasteiger partial charge in [0.05, 0.1) is 6.20 Å². The summed E-state index contributed by atoms with van der Waals surface area (Å²) in [7, 11) is 0. The Hall–Kier alpha value is -1.60. The zero-order valence-corrected chi connectivity index (χ0v) is 8.79. The van der Waals surface area contributed by atoms with Crippen LogP contribution in [-0.4, -0.2) is 25.5 Å². The van der Waals surface area contributed by atoms with Gasteiger partial charge in [0.15, 0.2) is 0 Å². The van der Waals surface area contributed by atoms with E-state index in [-0.39, 0.29) is 11.2 Å². The first-order chi connectivity index (χ1) is 7.25. The zero-order chi connectivity index (χ0) is 10.7. The lowest BCUT2D eigenvalue weighted by Crippen LogP contribution is -2.11. The van der Waals surface area contributed by atoms with Crippen LogP contribution in [0.3, 0.4) is 0 Å². The topological polar surface area (TPSA) is 80.7 Å². The van der Waals surface area contributed by atoms with Gasteiger partial charge in [0.25, 0.3) is 5.91 Å². The van der Waals surface area contributed by atoms with E-state index in [1.807, 2.05) is 0 Å². The predicted octanol–water partition coefficient (Wildman–Crippen LogP) is 1.23. The first-order valence-corrected chi connectivity index (χ1v) is 4.98. The van der Waals surface area contributed by atoms with E-state index in [9.17, 15) is 4.79 Å². The number of aromatic nitrogens is 4. The molecule has 0 aliphatic rings.